The molecule has 2 aromatic rings. The van der Waals surface area contributed by atoms with Crippen LogP contribution in [-0.4, -0.2) is 6.54 Å². The van der Waals surface area contributed by atoms with E-state index in [2.05, 4.69) is 58.5 Å². The molecule has 0 aliphatic carbocycles. The predicted octanol–water partition coefficient (Wildman–Crippen LogP) is 4.29. The van der Waals surface area contributed by atoms with Crippen molar-refractivity contribution in [3.05, 3.63) is 45.7 Å². The average Bonchev–Trinajstić information content (AvgIpc) is 2.75. The highest BCUT2D eigenvalue weighted by Crippen LogP contribution is 2.33. The molecule has 1 heterocycles. The van der Waals surface area contributed by atoms with E-state index in [-0.39, 0.29) is 0 Å². The average molecular weight is 296 g/mol. The number of nitrogens with one attached hydrogen (secondary N) is 1. The predicted molar refractivity (Wildman–Crippen MR) is 74.8 cm³/mol. The second-order valence-electron chi connectivity index (χ2n) is 3.53. The van der Waals surface area contributed by atoms with Gasteiger partial charge in [0.2, 0.25) is 0 Å². The Kier molecular flexibility index (Phi) is 4.16. The summed E-state index contributed by atoms with van der Waals surface area (Å²) >= 11 is 5.43. The summed E-state index contributed by atoms with van der Waals surface area (Å²) in [5.41, 5.74) is 1.27. The molecule has 1 aromatic heterocycles. The lowest BCUT2D eigenvalue weighted by atomic mass is 10.2. The zero-order valence-corrected chi connectivity index (χ0v) is 11.6. The zero-order chi connectivity index (χ0) is 11.4. The van der Waals surface area contributed by atoms with Gasteiger partial charge in [0.05, 0.1) is 0 Å². The third kappa shape index (κ3) is 2.73. The van der Waals surface area contributed by atoms with Crippen molar-refractivity contribution in [2.45, 2.75) is 13.5 Å². The fourth-order valence-corrected chi connectivity index (χ4v) is 3.17. The highest BCUT2D eigenvalue weighted by atomic mass is 79.9. The lowest BCUT2D eigenvalue weighted by Gasteiger charge is -2.00. The summed E-state index contributed by atoms with van der Waals surface area (Å²) in [6, 6.07) is 12.7. The largest absolute Gasteiger partial charge is 0.312 e. The topological polar surface area (TPSA) is 12.0 Å². The molecule has 0 spiro atoms. The van der Waals surface area contributed by atoms with Crippen molar-refractivity contribution in [3.8, 4) is 10.4 Å². The maximum Gasteiger partial charge on any atom is 0.0357 e. The molecule has 0 aliphatic rings. The van der Waals surface area contributed by atoms with E-state index in [0.29, 0.717) is 0 Å². The summed E-state index contributed by atoms with van der Waals surface area (Å²) in [7, 11) is 0. The standard InChI is InChI=1S/C13H14BrNS/c1-2-15-9-10-7-8-13(16-10)11-5-3-4-6-12(11)14/h3-8,15H,2,9H2,1H3. The van der Waals surface area contributed by atoms with E-state index >= 15 is 0 Å². The molecule has 0 amide bonds. The van der Waals surface area contributed by atoms with Gasteiger partial charge in [-0.2, -0.15) is 0 Å². The van der Waals surface area contributed by atoms with Gasteiger partial charge < -0.3 is 5.32 Å². The van der Waals surface area contributed by atoms with E-state index in [1.165, 1.54) is 15.3 Å². The molecular formula is C13H14BrNS. The summed E-state index contributed by atoms with van der Waals surface area (Å²) in [5, 5.41) is 3.34. The number of halogens is 1. The molecule has 16 heavy (non-hydrogen) atoms. The van der Waals surface area contributed by atoms with E-state index in [1.54, 1.807) is 0 Å². The minimum Gasteiger partial charge on any atom is -0.312 e. The molecule has 0 unspecified atom stereocenters. The van der Waals surface area contributed by atoms with Crippen LogP contribution < -0.4 is 5.32 Å². The molecular weight excluding hydrogens is 282 g/mol. The zero-order valence-electron chi connectivity index (χ0n) is 9.16. The van der Waals surface area contributed by atoms with Gasteiger partial charge in [0.25, 0.3) is 0 Å². The maximum atomic E-state index is 3.59. The molecule has 84 valence electrons. The molecule has 0 fully saturated rings. The molecule has 1 aromatic carbocycles. The van der Waals surface area contributed by atoms with E-state index in [9.17, 15) is 0 Å². The molecule has 1 N–H and O–H groups in total. The third-order valence-corrected chi connectivity index (χ3v) is 4.16. The van der Waals surface area contributed by atoms with Crippen molar-refractivity contribution in [1.29, 1.82) is 0 Å². The minimum atomic E-state index is 0.964. The van der Waals surface area contributed by atoms with Gasteiger partial charge >= 0.3 is 0 Å². The van der Waals surface area contributed by atoms with Crippen LogP contribution in [0.15, 0.2) is 40.9 Å². The number of benzene rings is 1. The second-order valence-corrected chi connectivity index (χ2v) is 5.55. The van der Waals surface area contributed by atoms with E-state index in [4.69, 9.17) is 0 Å². The third-order valence-electron chi connectivity index (χ3n) is 2.35. The van der Waals surface area contributed by atoms with E-state index < -0.39 is 0 Å². The lowest BCUT2D eigenvalue weighted by Crippen LogP contribution is -2.10. The first-order chi connectivity index (χ1) is 7.81. The lowest BCUT2D eigenvalue weighted by molar-refractivity contribution is 0.735. The SMILES string of the molecule is CCNCc1ccc(-c2ccccc2Br)s1. The van der Waals surface area contributed by atoms with Crippen LogP contribution in [0, 0.1) is 0 Å². The van der Waals surface area contributed by atoms with Gasteiger partial charge in [-0.25, -0.2) is 0 Å². The van der Waals surface area contributed by atoms with Crippen LogP contribution in [0.2, 0.25) is 0 Å². The summed E-state index contributed by atoms with van der Waals surface area (Å²) in [6.45, 7) is 4.11. The van der Waals surface area contributed by atoms with Crippen LogP contribution in [0.3, 0.4) is 0 Å². The van der Waals surface area contributed by atoms with E-state index in [0.717, 1.165) is 17.6 Å². The van der Waals surface area contributed by atoms with Crippen molar-refractivity contribution in [2.75, 3.05) is 6.54 Å². The monoisotopic (exact) mass is 295 g/mol. The molecule has 2 rings (SSSR count). The Balaban J connectivity index is 2.22. The molecule has 3 heteroatoms. The normalized spacial score (nSPS) is 10.6. The smallest absolute Gasteiger partial charge is 0.0357 e. The molecule has 0 atom stereocenters. The highest BCUT2D eigenvalue weighted by Gasteiger charge is 2.05. The van der Waals surface area contributed by atoms with Gasteiger partial charge in [-0.15, -0.1) is 11.3 Å². The van der Waals surface area contributed by atoms with Gasteiger partial charge in [0, 0.05) is 26.3 Å². The molecule has 1 nitrogen and oxygen atoms in total. The van der Waals surface area contributed by atoms with Crippen molar-refractivity contribution in [1.82, 2.24) is 5.32 Å². The molecule has 0 saturated carbocycles. The Bertz CT molecular complexity index is 464. The summed E-state index contributed by atoms with van der Waals surface area (Å²) in [6.07, 6.45) is 0. The van der Waals surface area contributed by atoms with Crippen molar-refractivity contribution < 1.29 is 0 Å². The first-order valence-electron chi connectivity index (χ1n) is 5.35. The fourth-order valence-electron chi connectivity index (χ4n) is 1.53. The van der Waals surface area contributed by atoms with Gasteiger partial charge in [-0.3, -0.25) is 0 Å². The maximum absolute atomic E-state index is 3.59. The Morgan fingerprint density at radius 1 is 1.19 bits per heavy atom. The van der Waals surface area contributed by atoms with Gasteiger partial charge in [0.15, 0.2) is 0 Å². The first kappa shape index (κ1) is 11.8. The second kappa shape index (κ2) is 5.62. The molecule has 0 radical (unpaired) electrons. The first-order valence-corrected chi connectivity index (χ1v) is 6.96. The van der Waals surface area contributed by atoms with Crippen LogP contribution in [0.4, 0.5) is 0 Å². The Morgan fingerprint density at radius 3 is 2.75 bits per heavy atom. The summed E-state index contributed by atoms with van der Waals surface area (Å²) in [5.74, 6) is 0. The van der Waals surface area contributed by atoms with Crippen LogP contribution in [0.5, 0.6) is 0 Å². The van der Waals surface area contributed by atoms with Crippen molar-refractivity contribution in [2.24, 2.45) is 0 Å². The Labute approximate surface area is 109 Å². The quantitative estimate of drug-likeness (QED) is 0.887. The van der Waals surface area contributed by atoms with Crippen molar-refractivity contribution >= 4 is 27.3 Å². The molecule has 0 saturated heterocycles. The van der Waals surface area contributed by atoms with Gasteiger partial charge in [-0.05, 0) is 24.7 Å². The number of rotatable bonds is 4. The molecule has 0 aliphatic heterocycles. The van der Waals surface area contributed by atoms with Crippen LogP contribution in [0.25, 0.3) is 10.4 Å². The highest BCUT2D eigenvalue weighted by molar-refractivity contribution is 9.10. The number of hydrogen-bond acceptors (Lipinski definition) is 2. The van der Waals surface area contributed by atoms with Crippen LogP contribution >= 0.6 is 27.3 Å². The van der Waals surface area contributed by atoms with Gasteiger partial charge in [0.1, 0.15) is 0 Å². The fraction of sp³-hybridized carbons (Fsp3) is 0.231. The number of hydrogen-bond donors (Lipinski definition) is 1. The van der Waals surface area contributed by atoms with Gasteiger partial charge in [-0.1, -0.05) is 41.1 Å². The Hall–Kier alpha value is -0.640. The van der Waals surface area contributed by atoms with Crippen LogP contribution in [0.1, 0.15) is 11.8 Å². The van der Waals surface area contributed by atoms with E-state index in [1.807, 2.05) is 17.4 Å². The Morgan fingerprint density at radius 2 is 2.00 bits per heavy atom. The van der Waals surface area contributed by atoms with Crippen molar-refractivity contribution in [3.63, 3.8) is 0 Å². The van der Waals surface area contributed by atoms with Crippen LogP contribution in [-0.2, 0) is 6.54 Å². The molecule has 0 bridgehead atoms. The summed E-state index contributed by atoms with van der Waals surface area (Å²) < 4.78 is 1.16. The minimum absolute atomic E-state index is 0.964. The summed E-state index contributed by atoms with van der Waals surface area (Å²) in [4.78, 5) is 2.70. The number of thiophene rings is 1.